The molecule has 22 heavy (non-hydrogen) atoms. The second-order valence-corrected chi connectivity index (χ2v) is 9.20. The largest absolute Gasteiger partial charge is 0.240 e. The molecule has 122 valence electrons. The van der Waals surface area contributed by atoms with Gasteiger partial charge in [-0.15, -0.1) is 0 Å². The minimum absolute atomic E-state index is 0.0501. The molecule has 5 heteroatoms. The van der Waals surface area contributed by atoms with Crippen molar-refractivity contribution in [2.75, 3.05) is 6.54 Å². The zero-order chi connectivity index (χ0) is 16.1. The maximum absolute atomic E-state index is 13.4. The fourth-order valence-electron chi connectivity index (χ4n) is 4.36. The highest BCUT2D eigenvalue weighted by molar-refractivity contribution is 7.89. The van der Waals surface area contributed by atoms with Crippen molar-refractivity contribution in [3.05, 3.63) is 29.6 Å². The van der Waals surface area contributed by atoms with Gasteiger partial charge in [0.1, 0.15) is 5.82 Å². The average Bonchev–Trinajstić information content (AvgIpc) is 2.47. The van der Waals surface area contributed by atoms with E-state index in [0.29, 0.717) is 29.4 Å². The molecule has 1 N–H and O–H groups in total. The minimum Gasteiger partial charge on any atom is -0.211 e. The fraction of sp³-hybridized carbons (Fsp3) is 0.647. The van der Waals surface area contributed by atoms with E-state index in [2.05, 4.69) is 18.6 Å². The minimum atomic E-state index is -3.65. The van der Waals surface area contributed by atoms with Crippen LogP contribution < -0.4 is 4.72 Å². The Kier molecular flexibility index (Phi) is 3.84. The third-order valence-electron chi connectivity index (χ3n) is 5.98. The number of halogens is 1. The molecule has 3 fully saturated rings. The molecule has 3 aliphatic carbocycles. The average molecular weight is 325 g/mol. The molecule has 3 atom stereocenters. The summed E-state index contributed by atoms with van der Waals surface area (Å²) in [4.78, 5) is 0.0501. The fourth-order valence-corrected chi connectivity index (χ4v) is 5.71. The van der Waals surface area contributed by atoms with Crippen LogP contribution in [0.1, 0.15) is 38.7 Å². The first kappa shape index (κ1) is 15.9. The third kappa shape index (κ3) is 2.58. The molecule has 0 aromatic heterocycles. The lowest BCUT2D eigenvalue weighted by molar-refractivity contribution is -0.102. The normalized spacial score (nSPS) is 29.9. The van der Waals surface area contributed by atoms with Crippen molar-refractivity contribution < 1.29 is 12.8 Å². The van der Waals surface area contributed by atoms with E-state index in [0.717, 1.165) is 18.4 Å². The number of hydrogen-bond acceptors (Lipinski definition) is 2. The van der Waals surface area contributed by atoms with Crippen LogP contribution in [0.3, 0.4) is 0 Å². The molecule has 1 aromatic carbocycles. The van der Waals surface area contributed by atoms with E-state index in [1.165, 1.54) is 25.0 Å². The van der Waals surface area contributed by atoms with Crippen LogP contribution >= 0.6 is 0 Å². The summed E-state index contributed by atoms with van der Waals surface area (Å²) in [5, 5.41) is 0. The van der Waals surface area contributed by atoms with E-state index in [9.17, 15) is 12.8 Å². The Balaban J connectivity index is 1.72. The zero-order valence-electron chi connectivity index (χ0n) is 13.4. The lowest BCUT2D eigenvalue weighted by Crippen LogP contribution is -2.54. The highest BCUT2D eigenvalue weighted by atomic mass is 32.2. The van der Waals surface area contributed by atoms with Crippen molar-refractivity contribution in [1.29, 1.82) is 0 Å². The Morgan fingerprint density at radius 2 is 2.05 bits per heavy atom. The van der Waals surface area contributed by atoms with Crippen LogP contribution in [0.5, 0.6) is 0 Å². The van der Waals surface area contributed by atoms with Crippen molar-refractivity contribution in [2.45, 2.75) is 44.9 Å². The number of sulfonamides is 1. The highest BCUT2D eigenvalue weighted by Gasteiger charge is 2.54. The van der Waals surface area contributed by atoms with Gasteiger partial charge in [-0.3, -0.25) is 0 Å². The van der Waals surface area contributed by atoms with Gasteiger partial charge in [0.25, 0.3) is 0 Å². The second-order valence-electron chi connectivity index (χ2n) is 7.46. The molecule has 3 unspecified atom stereocenters. The number of benzene rings is 1. The Bertz CT molecular complexity index is 682. The summed E-state index contributed by atoms with van der Waals surface area (Å²) in [6, 6.07) is 3.89. The van der Waals surface area contributed by atoms with E-state index in [-0.39, 0.29) is 4.90 Å². The quantitative estimate of drug-likeness (QED) is 0.921. The molecule has 0 heterocycles. The summed E-state index contributed by atoms with van der Waals surface area (Å²) in [5.74, 6) is 1.27. The van der Waals surface area contributed by atoms with Gasteiger partial charge in [-0.1, -0.05) is 19.9 Å². The van der Waals surface area contributed by atoms with E-state index >= 15 is 0 Å². The molecule has 0 saturated heterocycles. The van der Waals surface area contributed by atoms with Gasteiger partial charge in [0, 0.05) is 6.54 Å². The van der Waals surface area contributed by atoms with Gasteiger partial charge >= 0.3 is 0 Å². The van der Waals surface area contributed by atoms with Gasteiger partial charge in [-0.25, -0.2) is 17.5 Å². The second kappa shape index (κ2) is 5.31. The number of hydrogen-bond donors (Lipinski definition) is 1. The first-order valence-corrected chi connectivity index (χ1v) is 9.46. The first-order valence-electron chi connectivity index (χ1n) is 7.97. The van der Waals surface area contributed by atoms with Crippen LogP contribution in [0, 0.1) is 35.9 Å². The van der Waals surface area contributed by atoms with Gasteiger partial charge in [-0.2, -0.15) is 0 Å². The van der Waals surface area contributed by atoms with Crippen LogP contribution in [-0.2, 0) is 10.0 Å². The molecule has 0 spiro atoms. The molecule has 0 aliphatic heterocycles. The van der Waals surface area contributed by atoms with Gasteiger partial charge in [-0.05, 0) is 67.1 Å². The van der Waals surface area contributed by atoms with Gasteiger partial charge < -0.3 is 0 Å². The molecule has 3 aliphatic rings. The van der Waals surface area contributed by atoms with E-state index in [1.54, 1.807) is 6.92 Å². The summed E-state index contributed by atoms with van der Waals surface area (Å²) >= 11 is 0. The summed E-state index contributed by atoms with van der Waals surface area (Å²) in [6.45, 7) is 6.74. The number of fused-ring (bicyclic) bond motifs is 2. The van der Waals surface area contributed by atoms with Crippen molar-refractivity contribution >= 4 is 10.0 Å². The highest BCUT2D eigenvalue weighted by Crippen LogP contribution is 2.61. The lowest BCUT2D eigenvalue weighted by Gasteiger charge is -2.60. The van der Waals surface area contributed by atoms with Crippen LogP contribution in [-0.4, -0.2) is 15.0 Å². The van der Waals surface area contributed by atoms with Crippen molar-refractivity contribution in [3.63, 3.8) is 0 Å². The molecular formula is C17H24FNO2S. The first-order chi connectivity index (χ1) is 10.2. The predicted octanol–water partition coefficient (Wildman–Crippen LogP) is 3.48. The zero-order valence-corrected chi connectivity index (χ0v) is 14.2. The Labute approximate surface area is 132 Å². The van der Waals surface area contributed by atoms with Crippen molar-refractivity contribution in [2.24, 2.45) is 23.2 Å². The van der Waals surface area contributed by atoms with Crippen LogP contribution in [0.4, 0.5) is 4.39 Å². The summed E-state index contributed by atoms with van der Waals surface area (Å²) in [5.41, 5.74) is 0.907. The molecule has 3 saturated carbocycles. The van der Waals surface area contributed by atoms with Crippen LogP contribution in [0.2, 0.25) is 0 Å². The van der Waals surface area contributed by atoms with Crippen molar-refractivity contribution in [3.8, 4) is 0 Å². The van der Waals surface area contributed by atoms with Gasteiger partial charge in [0.15, 0.2) is 0 Å². The van der Waals surface area contributed by atoms with E-state index in [4.69, 9.17) is 0 Å². The Morgan fingerprint density at radius 1 is 1.32 bits per heavy atom. The topological polar surface area (TPSA) is 46.2 Å². The number of aryl methyl sites for hydroxylation is 1. The van der Waals surface area contributed by atoms with Crippen molar-refractivity contribution in [1.82, 2.24) is 4.72 Å². The molecule has 0 radical (unpaired) electrons. The maximum atomic E-state index is 13.4. The molecule has 0 amide bonds. The molecule has 1 aromatic rings. The Morgan fingerprint density at radius 3 is 2.68 bits per heavy atom. The molecule has 2 bridgehead atoms. The SMILES string of the molecule is Cc1ccc(F)cc1S(=O)(=O)NCC1CCC2CC1C2(C)C. The maximum Gasteiger partial charge on any atom is 0.240 e. The van der Waals surface area contributed by atoms with E-state index in [1.807, 2.05) is 0 Å². The smallest absolute Gasteiger partial charge is 0.211 e. The Hall–Kier alpha value is -0.940. The van der Waals surface area contributed by atoms with Crippen LogP contribution in [0.15, 0.2) is 23.1 Å². The third-order valence-corrected chi connectivity index (χ3v) is 7.54. The number of nitrogens with one attached hydrogen (secondary N) is 1. The van der Waals surface area contributed by atoms with Gasteiger partial charge in [0.2, 0.25) is 10.0 Å². The molecule has 4 rings (SSSR count). The van der Waals surface area contributed by atoms with Gasteiger partial charge in [0.05, 0.1) is 4.90 Å². The summed E-state index contributed by atoms with van der Waals surface area (Å²) in [6.07, 6.45) is 3.50. The molecule has 3 nitrogen and oxygen atoms in total. The standard InChI is InChI=1S/C17H24FNO2S/c1-11-4-7-14(18)9-16(11)22(20,21)19-10-12-5-6-13-8-15(12)17(13,2)3/h4,7,9,12-13,15,19H,5-6,8,10H2,1-3H3. The predicted molar refractivity (Wildman–Crippen MR) is 84.4 cm³/mol. The lowest BCUT2D eigenvalue weighted by atomic mass is 9.45. The summed E-state index contributed by atoms with van der Waals surface area (Å²) in [7, 11) is -3.65. The van der Waals surface area contributed by atoms with E-state index < -0.39 is 15.8 Å². The monoisotopic (exact) mass is 325 g/mol. The summed E-state index contributed by atoms with van der Waals surface area (Å²) < 4.78 is 41.0. The van der Waals surface area contributed by atoms with Crippen LogP contribution in [0.25, 0.3) is 0 Å². The number of rotatable bonds is 4. The molecular weight excluding hydrogens is 301 g/mol.